The van der Waals surface area contributed by atoms with Crippen molar-refractivity contribution >= 4 is 5.91 Å². The zero-order chi connectivity index (χ0) is 17.3. The molecule has 0 unspecified atom stereocenters. The van der Waals surface area contributed by atoms with E-state index < -0.39 is 29.7 Å². The largest absolute Gasteiger partial charge is 0.392 e. The van der Waals surface area contributed by atoms with Crippen LogP contribution in [0.2, 0.25) is 0 Å². The fourth-order valence-corrected chi connectivity index (χ4v) is 3.07. The van der Waals surface area contributed by atoms with Crippen molar-refractivity contribution in [2.45, 2.75) is 25.2 Å². The fraction of sp³-hybridized carbons (Fsp3) is 0.278. The van der Waals surface area contributed by atoms with Gasteiger partial charge in [-0.2, -0.15) is 0 Å². The lowest BCUT2D eigenvalue weighted by Gasteiger charge is -2.25. The first-order valence-electron chi connectivity index (χ1n) is 7.63. The Morgan fingerprint density at radius 1 is 1.21 bits per heavy atom. The van der Waals surface area contributed by atoms with Gasteiger partial charge in [0.15, 0.2) is 0 Å². The predicted molar refractivity (Wildman–Crippen MR) is 83.1 cm³/mol. The molecule has 0 bridgehead atoms. The van der Waals surface area contributed by atoms with Crippen LogP contribution < -0.4 is 0 Å². The Morgan fingerprint density at radius 2 is 2.00 bits per heavy atom. The number of benzene rings is 2. The topological polar surface area (TPSA) is 60.8 Å². The Balaban J connectivity index is 1.95. The van der Waals surface area contributed by atoms with E-state index >= 15 is 0 Å². The minimum atomic E-state index is -0.803. The van der Waals surface area contributed by atoms with Gasteiger partial charge in [0.05, 0.1) is 18.8 Å². The van der Waals surface area contributed by atoms with Gasteiger partial charge in [-0.25, -0.2) is 8.78 Å². The molecule has 24 heavy (non-hydrogen) atoms. The van der Waals surface area contributed by atoms with E-state index in [-0.39, 0.29) is 25.1 Å². The molecule has 3 rings (SSSR count). The van der Waals surface area contributed by atoms with E-state index in [1.807, 2.05) is 0 Å². The van der Waals surface area contributed by atoms with Gasteiger partial charge in [-0.1, -0.05) is 12.1 Å². The van der Waals surface area contributed by atoms with Gasteiger partial charge in [-0.05, 0) is 42.3 Å². The van der Waals surface area contributed by atoms with Gasteiger partial charge in [-0.3, -0.25) is 4.79 Å². The van der Waals surface area contributed by atoms with Crippen LogP contribution in [0.4, 0.5) is 8.78 Å². The van der Waals surface area contributed by atoms with Crippen molar-refractivity contribution in [2.24, 2.45) is 0 Å². The third-order valence-electron chi connectivity index (χ3n) is 4.21. The summed E-state index contributed by atoms with van der Waals surface area (Å²) in [4.78, 5) is 14.1. The molecule has 2 aromatic rings. The average molecular weight is 333 g/mol. The number of hydrogen-bond acceptors (Lipinski definition) is 3. The van der Waals surface area contributed by atoms with E-state index in [4.69, 9.17) is 0 Å². The van der Waals surface area contributed by atoms with Crippen LogP contribution in [-0.4, -0.2) is 33.7 Å². The van der Waals surface area contributed by atoms with Crippen molar-refractivity contribution in [3.63, 3.8) is 0 Å². The highest BCUT2D eigenvalue weighted by Crippen LogP contribution is 2.35. The van der Waals surface area contributed by atoms with Gasteiger partial charge in [0.2, 0.25) is 0 Å². The summed E-state index contributed by atoms with van der Waals surface area (Å²) in [6.45, 7) is -0.158. The SMILES string of the molecule is O=C(c1cccc(CO)c1)N1C[C@@H](O)C[C@@H]1c1cc(F)ccc1F. The third-order valence-corrected chi connectivity index (χ3v) is 4.21. The highest BCUT2D eigenvalue weighted by molar-refractivity contribution is 5.95. The maximum atomic E-state index is 14.1. The number of aliphatic hydroxyl groups excluding tert-OH is 2. The minimum Gasteiger partial charge on any atom is -0.392 e. The minimum absolute atomic E-state index is 0.0445. The van der Waals surface area contributed by atoms with Crippen LogP contribution in [0.3, 0.4) is 0 Å². The first-order chi connectivity index (χ1) is 11.5. The lowest BCUT2D eigenvalue weighted by Crippen LogP contribution is -2.32. The molecular weight excluding hydrogens is 316 g/mol. The first kappa shape index (κ1) is 16.5. The Morgan fingerprint density at radius 3 is 2.75 bits per heavy atom. The number of amides is 1. The summed E-state index contributed by atoms with van der Waals surface area (Å²) >= 11 is 0. The number of rotatable bonds is 3. The summed E-state index contributed by atoms with van der Waals surface area (Å²) < 4.78 is 27.6. The van der Waals surface area contributed by atoms with Gasteiger partial charge in [0.25, 0.3) is 5.91 Å². The van der Waals surface area contributed by atoms with Crippen LogP contribution in [0.5, 0.6) is 0 Å². The van der Waals surface area contributed by atoms with Crippen molar-refractivity contribution in [3.05, 3.63) is 70.8 Å². The van der Waals surface area contributed by atoms with E-state index in [0.29, 0.717) is 11.1 Å². The molecule has 2 atom stereocenters. The molecule has 0 aromatic heterocycles. The van der Waals surface area contributed by atoms with Crippen molar-refractivity contribution in [1.82, 2.24) is 4.90 Å². The first-order valence-corrected chi connectivity index (χ1v) is 7.63. The maximum Gasteiger partial charge on any atom is 0.254 e. The molecule has 1 heterocycles. The molecule has 1 fully saturated rings. The normalized spacial score (nSPS) is 20.4. The Labute approximate surface area is 138 Å². The average Bonchev–Trinajstić information content (AvgIpc) is 2.98. The van der Waals surface area contributed by atoms with E-state index in [1.54, 1.807) is 24.3 Å². The molecule has 126 valence electrons. The van der Waals surface area contributed by atoms with Crippen molar-refractivity contribution < 1.29 is 23.8 Å². The number of β-amino-alcohol motifs (C(OH)–C–C–N with tert-alkyl or cyclic N) is 1. The molecule has 1 aliphatic rings. The monoisotopic (exact) mass is 333 g/mol. The fourth-order valence-electron chi connectivity index (χ4n) is 3.07. The molecule has 4 nitrogen and oxygen atoms in total. The maximum absolute atomic E-state index is 14.1. The molecular formula is C18H17F2NO3. The molecule has 0 radical (unpaired) electrons. The summed E-state index contributed by atoms with van der Waals surface area (Å²) in [5.41, 5.74) is 0.963. The number of hydrogen-bond donors (Lipinski definition) is 2. The summed E-state index contributed by atoms with van der Waals surface area (Å²) in [6, 6.07) is 8.81. The molecule has 1 saturated heterocycles. The van der Waals surface area contributed by atoms with Gasteiger partial charge < -0.3 is 15.1 Å². The van der Waals surface area contributed by atoms with E-state index in [2.05, 4.69) is 0 Å². The second kappa shape index (κ2) is 6.67. The molecule has 2 N–H and O–H groups in total. The van der Waals surface area contributed by atoms with E-state index in [9.17, 15) is 23.8 Å². The number of nitrogens with zero attached hydrogens (tertiary/aromatic N) is 1. The van der Waals surface area contributed by atoms with Crippen LogP contribution in [-0.2, 0) is 6.61 Å². The Kier molecular flexibility index (Phi) is 4.59. The Hall–Kier alpha value is -2.31. The molecule has 6 heteroatoms. The van der Waals surface area contributed by atoms with Gasteiger partial charge in [0, 0.05) is 17.7 Å². The molecule has 0 saturated carbocycles. The summed E-state index contributed by atoms with van der Waals surface area (Å²) in [5, 5.41) is 19.1. The number of aliphatic hydroxyl groups is 2. The molecule has 0 spiro atoms. The summed E-state index contributed by atoms with van der Waals surface area (Å²) in [7, 11) is 0. The summed E-state index contributed by atoms with van der Waals surface area (Å²) in [6.07, 6.45) is -0.658. The van der Waals surface area contributed by atoms with Crippen LogP contribution in [0.25, 0.3) is 0 Å². The van der Waals surface area contributed by atoms with Crippen LogP contribution >= 0.6 is 0 Å². The zero-order valence-corrected chi connectivity index (χ0v) is 12.8. The van der Waals surface area contributed by atoms with Gasteiger partial charge >= 0.3 is 0 Å². The molecule has 2 aromatic carbocycles. The van der Waals surface area contributed by atoms with Crippen molar-refractivity contribution in [3.8, 4) is 0 Å². The van der Waals surface area contributed by atoms with Crippen molar-refractivity contribution in [1.29, 1.82) is 0 Å². The highest BCUT2D eigenvalue weighted by atomic mass is 19.1. The lowest BCUT2D eigenvalue weighted by atomic mass is 10.0. The number of carbonyl (C=O) groups is 1. The second-order valence-corrected chi connectivity index (χ2v) is 5.89. The van der Waals surface area contributed by atoms with Gasteiger partial charge in [-0.15, -0.1) is 0 Å². The van der Waals surface area contributed by atoms with Crippen LogP contribution in [0.1, 0.15) is 33.9 Å². The van der Waals surface area contributed by atoms with E-state index in [1.165, 1.54) is 4.90 Å². The summed E-state index contributed by atoms with van der Waals surface area (Å²) in [5.74, 6) is -1.60. The standard InChI is InChI=1S/C18H17F2NO3/c19-13-4-5-16(20)15(7-13)17-8-14(23)9-21(17)18(24)12-3-1-2-11(6-12)10-22/h1-7,14,17,22-23H,8-10H2/t14-,17+/m0/s1. The van der Waals surface area contributed by atoms with Crippen LogP contribution in [0, 0.1) is 11.6 Å². The van der Waals surface area contributed by atoms with E-state index in [0.717, 1.165) is 18.2 Å². The highest BCUT2D eigenvalue weighted by Gasteiger charge is 2.37. The lowest BCUT2D eigenvalue weighted by molar-refractivity contribution is 0.0713. The number of carbonyl (C=O) groups excluding carboxylic acids is 1. The smallest absolute Gasteiger partial charge is 0.254 e. The molecule has 1 amide bonds. The van der Waals surface area contributed by atoms with Crippen molar-refractivity contribution in [2.75, 3.05) is 6.54 Å². The third kappa shape index (κ3) is 3.16. The number of likely N-dealkylation sites (tertiary alicyclic amines) is 1. The molecule has 1 aliphatic heterocycles. The Bertz CT molecular complexity index is 766. The number of halogens is 2. The predicted octanol–water partition coefficient (Wildman–Crippen LogP) is 2.41. The van der Waals surface area contributed by atoms with Gasteiger partial charge in [0.1, 0.15) is 11.6 Å². The molecule has 0 aliphatic carbocycles. The van der Waals surface area contributed by atoms with Crippen LogP contribution in [0.15, 0.2) is 42.5 Å². The zero-order valence-electron chi connectivity index (χ0n) is 12.8. The quantitative estimate of drug-likeness (QED) is 0.907. The second-order valence-electron chi connectivity index (χ2n) is 5.89.